The number of ether oxygens (including phenoxy) is 1. The number of rotatable bonds is 28. The smallest absolute Gasteiger partial charge is 0.339 e. The Morgan fingerprint density at radius 2 is 0.718 bits per heavy atom. The molecule has 8 aromatic rings. The molecule has 1 amide bonds. The fourth-order valence-corrected chi connectivity index (χ4v) is 8.53. The van der Waals surface area contributed by atoms with E-state index in [4.69, 9.17) is 10.5 Å². The molecule has 0 bridgehead atoms. The van der Waals surface area contributed by atoms with E-state index in [9.17, 15) is 19.8 Å². The second-order valence-electron chi connectivity index (χ2n) is 18.5. The highest BCUT2D eigenvalue weighted by atomic mass is 16.5. The first-order chi connectivity index (χ1) is 38.2. The van der Waals surface area contributed by atoms with Gasteiger partial charge < -0.3 is 26.0 Å². The van der Waals surface area contributed by atoms with Crippen molar-refractivity contribution in [1.82, 2.24) is 64.8 Å². The van der Waals surface area contributed by atoms with Crippen LogP contribution in [0.1, 0.15) is 66.3 Å². The summed E-state index contributed by atoms with van der Waals surface area (Å²) in [5.74, 6) is -0.628. The van der Waals surface area contributed by atoms with Gasteiger partial charge in [0.25, 0.3) is 5.91 Å². The van der Waals surface area contributed by atoms with Crippen LogP contribution in [0, 0.1) is 0 Å². The number of nitrogens with one attached hydrogen (secondary N) is 1. The summed E-state index contributed by atoms with van der Waals surface area (Å²) in [6.07, 6.45) is 12.4. The van der Waals surface area contributed by atoms with E-state index >= 15 is 0 Å². The number of carbonyl (C=O) groups is 2. The molecule has 0 spiro atoms. The van der Waals surface area contributed by atoms with Gasteiger partial charge in [-0.1, -0.05) is 36.4 Å². The third-order valence-electron chi connectivity index (χ3n) is 12.1. The normalized spacial score (nSPS) is 12.0. The monoisotopic (exact) mass is 1050 g/mol. The number of hydrogen-bond donors (Lipinski definition) is 4. The van der Waals surface area contributed by atoms with Crippen LogP contribution in [0.3, 0.4) is 0 Å². The van der Waals surface area contributed by atoms with Gasteiger partial charge in [-0.3, -0.25) is 64.3 Å². The highest BCUT2D eigenvalue weighted by Gasteiger charge is 2.21. The molecule has 0 aliphatic rings. The number of amides is 1. The molecular formula is C59H68N14O5. The number of aromatic nitrogens is 8. The molecule has 19 nitrogen and oxygen atoms in total. The Kier molecular flexibility index (Phi) is 23.5. The number of esters is 1. The van der Waals surface area contributed by atoms with Crippen molar-refractivity contribution in [1.29, 1.82) is 0 Å². The molecule has 0 aliphatic heterocycles. The Hall–Kier alpha value is -8.14. The van der Waals surface area contributed by atoms with E-state index in [1.165, 1.54) is 13.3 Å². The van der Waals surface area contributed by atoms with Gasteiger partial charge in [-0.15, -0.1) is 0 Å². The van der Waals surface area contributed by atoms with Crippen LogP contribution < -0.4 is 11.1 Å². The van der Waals surface area contributed by atoms with Gasteiger partial charge in [0.15, 0.2) is 0 Å². The minimum absolute atomic E-state index is 0.203. The number of aliphatic hydroxyl groups excluding tert-OH is 2. The molecule has 0 saturated carbocycles. The maximum absolute atomic E-state index is 12.2. The van der Waals surface area contributed by atoms with Crippen molar-refractivity contribution in [2.45, 2.75) is 64.6 Å². The number of methoxy groups -OCH3 is 1. The van der Waals surface area contributed by atoms with Crippen molar-refractivity contribution in [2.24, 2.45) is 5.73 Å². The predicted octanol–water partition coefficient (Wildman–Crippen LogP) is 5.14. The Labute approximate surface area is 455 Å². The topological polar surface area (TPSA) is 238 Å². The second kappa shape index (κ2) is 31.8. The average Bonchev–Trinajstić information content (AvgIpc) is 3.46. The standard InChI is InChI=1S/C30H36N8O2.C29H32N6O3/c31-12-16-35-30(40)24-10-11-28(36-17-24)21-38(20-27-9-3-6-15-34-27)23-29(39)22-37(18-25-7-1-4-13-32-25)19-26-8-2-5-14-33-26;1-38-29(37)23-11-12-27(33-16-23)20-35(19-26-10-4-7-15-32-26)22-28(36)21-34(17-24-8-2-5-13-30-24)18-25-9-3-6-14-31-25/h1-11,13-15,17,29,39H,12,16,18-23,31H2,(H,35,40);2-16,28,36H,17-22H2,1H3. The summed E-state index contributed by atoms with van der Waals surface area (Å²) in [6, 6.07) is 42.0. The van der Waals surface area contributed by atoms with Crippen LogP contribution in [0.4, 0.5) is 0 Å². The van der Waals surface area contributed by atoms with Crippen molar-refractivity contribution >= 4 is 11.9 Å². The molecule has 19 heteroatoms. The lowest BCUT2D eigenvalue weighted by Gasteiger charge is -2.29. The lowest BCUT2D eigenvalue weighted by molar-refractivity contribution is 0.0598. The summed E-state index contributed by atoms with van der Waals surface area (Å²) in [4.78, 5) is 68.2. The largest absolute Gasteiger partial charge is 0.465 e. The zero-order valence-corrected chi connectivity index (χ0v) is 43.9. The lowest BCUT2D eigenvalue weighted by Crippen LogP contribution is -2.40. The van der Waals surface area contributed by atoms with Crippen LogP contribution in [-0.4, -0.2) is 140 Å². The summed E-state index contributed by atoms with van der Waals surface area (Å²) in [5, 5.41) is 25.2. The molecule has 8 heterocycles. The average molecular weight is 1050 g/mol. The molecule has 2 atom stereocenters. The summed E-state index contributed by atoms with van der Waals surface area (Å²) in [7, 11) is 1.34. The van der Waals surface area contributed by atoms with E-state index in [1.54, 1.807) is 61.6 Å². The van der Waals surface area contributed by atoms with Crippen molar-refractivity contribution in [3.05, 3.63) is 240 Å². The molecule has 8 aromatic heterocycles. The number of pyridine rings is 8. The third kappa shape index (κ3) is 20.4. The molecule has 5 N–H and O–H groups in total. The highest BCUT2D eigenvalue weighted by Crippen LogP contribution is 2.15. The zero-order valence-electron chi connectivity index (χ0n) is 43.9. The van der Waals surface area contributed by atoms with Gasteiger partial charge in [0.2, 0.25) is 0 Å². The second-order valence-corrected chi connectivity index (χ2v) is 18.5. The van der Waals surface area contributed by atoms with Gasteiger partial charge in [0, 0.05) is 141 Å². The van der Waals surface area contributed by atoms with Crippen LogP contribution in [-0.2, 0) is 57.1 Å². The van der Waals surface area contributed by atoms with Crippen LogP contribution in [0.5, 0.6) is 0 Å². The summed E-state index contributed by atoms with van der Waals surface area (Å²) >= 11 is 0. The number of hydrogen-bond acceptors (Lipinski definition) is 18. The van der Waals surface area contributed by atoms with Crippen molar-refractivity contribution in [3.8, 4) is 0 Å². The predicted molar refractivity (Wildman–Crippen MR) is 295 cm³/mol. The first-order valence-corrected chi connectivity index (χ1v) is 25.8. The SMILES string of the molecule is COC(=O)c1ccc(CN(Cc2ccccn2)CC(O)CN(Cc2ccccn2)Cc2ccccn2)nc1.NCCNC(=O)c1ccc(CN(Cc2ccccn2)CC(O)CN(Cc2ccccn2)Cc2ccccn2)nc1. The van der Waals surface area contributed by atoms with Crippen LogP contribution in [0.25, 0.3) is 0 Å². The van der Waals surface area contributed by atoms with Gasteiger partial charge in [0.05, 0.1) is 76.0 Å². The van der Waals surface area contributed by atoms with Crippen molar-refractivity contribution in [3.63, 3.8) is 0 Å². The minimum atomic E-state index is -0.655. The maximum atomic E-state index is 12.2. The number of carbonyl (C=O) groups excluding carboxylic acids is 2. The third-order valence-corrected chi connectivity index (χ3v) is 12.1. The van der Waals surface area contributed by atoms with Gasteiger partial charge >= 0.3 is 5.97 Å². The van der Waals surface area contributed by atoms with E-state index < -0.39 is 18.2 Å². The van der Waals surface area contributed by atoms with Crippen LogP contribution >= 0.6 is 0 Å². The van der Waals surface area contributed by atoms with E-state index in [1.807, 2.05) is 115 Å². The molecule has 8 rings (SSSR count). The highest BCUT2D eigenvalue weighted by molar-refractivity contribution is 5.93. The number of nitrogens with two attached hydrogens (primary N) is 1. The molecule has 0 aliphatic carbocycles. The van der Waals surface area contributed by atoms with Gasteiger partial charge in [0.1, 0.15) is 0 Å². The minimum Gasteiger partial charge on any atom is -0.465 e. The summed E-state index contributed by atoms with van der Waals surface area (Å²) in [6.45, 7) is 6.85. The van der Waals surface area contributed by atoms with Crippen LogP contribution in [0.15, 0.2) is 183 Å². The molecular weight excluding hydrogens is 985 g/mol. The molecule has 0 saturated heterocycles. The first kappa shape index (κ1) is 57.6. The van der Waals surface area contributed by atoms with Gasteiger partial charge in [-0.2, -0.15) is 0 Å². The Balaban J connectivity index is 0.000000226. The fraction of sp³-hybridized carbons (Fsp3) is 0.288. The zero-order chi connectivity index (χ0) is 54.6. The van der Waals surface area contributed by atoms with E-state index in [2.05, 4.69) is 64.8 Å². The quantitative estimate of drug-likeness (QED) is 0.0465. The molecule has 0 fully saturated rings. The van der Waals surface area contributed by atoms with Crippen molar-refractivity contribution in [2.75, 3.05) is 46.4 Å². The molecule has 0 aromatic carbocycles. The number of nitrogens with zero attached hydrogens (tertiary/aromatic N) is 12. The fourth-order valence-electron chi connectivity index (χ4n) is 8.53. The summed E-state index contributed by atoms with van der Waals surface area (Å²) in [5.41, 5.74) is 13.4. The first-order valence-electron chi connectivity index (χ1n) is 25.8. The van der Waals surface area contributed by atoms with E-state index in [-0.39, 0.29) is 5.91 Å². The summed E-state index contributed by atoms with van der Waals surface area (Å²) < 4.78 is 4.77. The Morgan fingerprint density at radius 1 is 0.436 bits per heavy atom. The van der Waals surface area contributed by atoms with E-state index in [0.717, 1.165) is 45.6 Å². The number of aliphatic hydroxyl groups is 2. The Bertz CT molecular complexity index is 2840. The molecule has 404 valence electrons. The van der Waals surface area contributed by atoms with Crippen LogP contribution in [0.2, 0.25) is 0 Å². The van der Waals surface area contributed by atoms with Gasteiger partial charge in [-0.25, -0.2) is 4.79 Å². The maximum Gasteiger partial charge on any atom is 0.339 e. The lowest BCUT2D eigenvalue weighted by atomic mass is 10.2. The van der Waals surface area contributed by atoms with Gasteiger partial charge in [-0.05, 0) is 97.1 Å². The molecule has 0 radical (unpaired) electrons. The molecule has 2 unspecified atom stereocenters. The Morgan fingerprint density at radius 3 is 0.949 bits per heavy atom. The van der Waals surface area contributed by atoms with Crippen molar-refractivity contribution < 1.29 is 24.5 Å². The van der Waals surface area contributed by atoms with E-state index in [0.29, 0.717) is 103 Å². The molecule has 78 heavy (non-hydrogen) atoms.